The molecule has 1 N–H and O–H groups in total. The molecule has 2 fully saturated rings. The van der Waals surface area contributed by atoms with Crippen LogP contribution in [-0.2, 0) is 11.3 Å². The van der Waals surface area contributed by atoms with Gasteiger partial charge in [-0.3, -0.25) is 9.69 Å². The second kappa shape index (κ2) is 7.91. The van der Waals surface area contributed by atoms with Gasteiger partial charge in [0.05, 0.1) is 18.8 Å². The molecular weight excluding hydrogens is 320 g/mol. The second-order valence-corrected chi connectivity index (χ2v) is 6.80. The van der Waals surface area contributed by atoms with Crippen molar-refractivity contribution in [2.24, 2.45) is 0 Å². The van der Waals surface area contributed by atoms with Crippen molar-refractivity contribution in [3.8, 4) is 0 Å². The smallest absolute Gasteiger partial charge is 0.320 e. The third kappa shape index (κ3) is 3.98. The molecule has 1 aromatic rings. The van der Waals surface area contributed by atoms with Crippen molar-refractivity contribution in [3.63, 3.8) is 0 Å². The highest BCUT2D eigenvalue weighted by Crippen LogP contribution is 2.22. The van der Waals surface area contributed by atoms with Crippen molar-refractivity contribution in [2.45, 2.75) is 45.3 Å². The van der Waals surface area contributed by atoms with Gasteiger partial charge in [0, 0.05) is 38.8 Å². The van der Waals surface area contributed by atoms with Crippen LogP contribution in [0, 0.1) is 0 Å². The molecule has 3 rings (SSSR count). The Labute approximate surface area is 148 Å². The summed E-state index contributed by atoms with van der Waals surface area (Å²) < 4.78 is 5.24. The van der Waals surface area contributed by atoms with Gasteiger partial charge in [-0.25, -0.2) is 4.79 Å². The molecule has 7 heteroatoms. The SMILES string of the molecule is CCN1CCN(C2CCN([C@H](C)C(=O)NCc3ccco3)CC2)C1=O. The normalized spacial score (nSPS) is 21.0. The van der Waals surface area contributed by atoms with E-state index in [1.54, 1.807) is 6.26 Å². The molecular formula is C18H28N4O3. The lowest BCUT2D eigenvalue weighted by atomic mass is 10.0. The average Bonchev–Trinajstić information content (AvgIpc) is 3.28. The van der Waals surface area contributed by atoms with Crippen molar-refractivity contribution in [1.82, 2.24) is 20.0 Å². The van der Waals surface area contributed by atoms with Crippen molar-refractivity contribution in [1.29, 1.82) is 0 Å². The molecule has 1 aromatic heterocycles. The molecule has 25 heavy (non-hydrogen) atoms. The van der Waals surface area contributed by atoms with Crippen molar-refractivity contribution in [2.75, 3.05) is 32.7 Å². The fourth-order valence-electron chi connectivity index (χ4n) is 3.72. The van der Waals surface area contributed by atoms with Crippen LogP contribution in [0.2, 0.25) is 0 Å². The van der Waals surface area contributed by atoms with Gasteiger partial charge >= 0.3 is 6.03 Å². The molecule has 3 amide bonds. The summed E-state index contributed by atoms with van der Waals surface area (Å²) in [6, 6.07) is 3.97. The van der Waals surface area contributed by atoms with Gasteiger partial charge in [0.15, 0.2) is 0 Å². The number of nitrogens with one attached hydrogen (secondary N) is 1. The highest BCUT2D eigenvalue weighted by Gasteiger charge is 2.35. The van der Waals surface area contributed by atoms with E-state index in [1.165, 1.54) is 0 Å². The molecule has 2 aliphatic heterocycles. The summed E-state index contributed by atoms with van der Waals surface area (Å²) in [4.78, 5) is 30.8. The lowest BCUT2D eigenvalue weighted by molar-refractivity contribution is -0.126. The zero-order valence-corrected chi connectivity index (χ0v) is 15.1. The van der Waals surface area contributed by atoms with E-state index in [-0.39, 0.29) is 18.0 Å². The third-order valence-electron chi connectivity index (χ3n) is 5.39. The Balaban J connectivity index is 1.45. The quantitative estimate of drug-likeness (QED) is 0.846. The number of likely N-dealkylation sites (tertiary alicyclic amines) is 1. The zero-order valence-electron chi connectivity index (χ0n) is 15.1. The highest BCUT2D eigenvalue weighted by molar-refractivity contribution is 5.81. The lowest BCUT2D eigenvalue weighted by Crippen LogP contribution is -2.52. The molecule has 1 atom stereocenters. The molecule has 0 saturated carbocycles. The van der Waals surface area contributed by atoms with Gasteiger partial charge in [0.1, 0.15) is 5.76 Å². The van der Waals surface area contributed by atoms with Crippen molar-refractivity contribution < 1.29 is 14.0 Å². The minimum absolute atomic E-state index is 0.0178. The number of piperidine rings is 1. The van der Waals surface area contributed by atoms with E-state index in [0.29, 0.717) is 12.6 Å². The van der Waals surface area contributed by atoms with Gasteiger partial charge in [-0.1, -0.05) is 0 Å². The summed E-state index contributed by atoms with van der Waals surface area (Å²) >= 11 is 0. The molecule has 0 aliphatic carbocycles. The maximum Gasteiger partial charge on any atom is 0.320 e. The van der Waals surface area contributed by atoms with E-state index < -0.39 is 0 Å². The number of urea groups is 1. The van der Waals surface area contributed by atoms with Crippen molar-refractivity contribution >= 4 is 11.9 Å². The first-order chi connectivity index (χ1) is 12.1. The number of carbonyl (C=O) groups is 2. The van der Waals surface area contributed by atoms with Gasteiger partial charge in [-0.05, 0) is 38.8 Å². The summed E-state index contributed by atoms with van der Waals surface area (Å²) in [5.41, 5.74) is 0. The standard InChI is InChI=1S/C18H28N4O3/c1-3-20-10-11-22(18(20)24)15-6-8-21(9-7-15)14(2)17(23)19-13-16-5-4-12-25-16/h4-5,12,14-15H,3,6-11,13H2,1-2H3,(H,19,23)/t14-/m1/s1. The Bertz CT molecular complexity index is 581. The van der Waals surface area contributed by atoms with Crippen LogP contribution in [0.1, 0.15) is 32.4 Å². The minimum atomic E-state index is -0.169. The maximum absolute atomic E-state index is 12.3. The van der Waals surface area contributed by atoms with Crippen LogP contribution in [0.4, 0.5) is 4.79 Å². The van der Waals surface area contributed by atoms with Crippen LogP contribution in [-0.4, -0.2) is 71.4 Å². The number of amides is 3. The molecule has 3 heterocycles. The molecule has 0 unspecified atom stereocenters. The van der Waals surface area contributed by atoms with Crippen molar-refractivity contribution in [3.05, 3.63) is 24.2 Å². The molecule has 2 aliphatic rings. The summed E-state index contributed by atoms with van der Waals surface area (Å²) in [5, 5.41) is 2.92. The Morgan fingerprint density at radius 2 is 2.08 bits per heavy atom. The number of hydrogen-bond acceptors (Lipinski definition) is 4. The maximum atomic E-state index is 12.3. The zero-order chi connectivity index (χ0) is 17.8. The molecule has 0 spiro atoms. The number of rotatable bonds is 6. The molecule has 0 aromatic carbocycles. The fourth-order valence-corrected chi connectivity index (χ4v) is 3.72. The molecule has 7 nitrogen and oxygen atoms in total. The van der Waals surface area contributed by atoms with E-state index in [0.717, 1.165) is 51.3 Å². The summed E-state index contributed by atoms with van der Waals surface area (Å²) in [7, 11) is 0. The van der Waals surface area contributed by atoms with Crippen LogP contribution in [0.3, 0.4) is 0 Å². The van der Waals surface area contributed by atoms with Gasteiger partial charge in [0.2, 0.25) is 5.91 Å². The van der Waals surface area contributed by atoms with E-state index in [1.807, 2.05) is 35.8 Å². The molecule has 0 bridgehead atoms. The van der Waals surface area contributed by atoms with E-state index >= 15 is 0 Å². The van der Waals surface area contributed by atoms with Gasteiger partial charge in [-0.15, -0.1) is 0 Å². The Hall–Kier alpha value is -2.02. The first-order valence-electron chi connectivity index (χ1n) is 9.19. The average molecular weight is 348 g/mol. The predicted octanol–water partition coefficient (Wildman–Crippen LogP) is 1.51. The Kier molecular flexibility index (Phi) is 5.63. The number of hydrogen-bond donors (Lipinski definition) is 1. The third-order valence-corrected chi connectivity index (χ3v) is 5.39. The number of furan rings is 1. The number of carbonyl (C=O) groups excluding carboxylic acids is 2. The van der Waals surface area contributed by atoms with E-state index in [2.05, 4.69) is 10.2 Å². The lowest BCUT2D eigenvalue weighted by Gasteiger charge is -2.38. The van der Waals surface area contributed by atoms with Crippen LogP contribution in [0.15, 0.2) is 22.8 Å². The monoisotopic (exact) mass is 348 g/mol. The predicted molar refractivity (Wildman–Crippen MR) is 94.0 cm³/mol. The van der Waals surface area contributed by atoms with Gasteiger partial charge in [0.25, 0.3) is 0 Å². The summed E-state index contributed by atoms with van der Waals surface area (Å²) in [6.45, 7) is 8.51. The van der Waals surface area contributed by atoms with Gasteiger partial charge in [-0.2, -0.15) is 0 Å². The topological polar surface area (TPSA) is 69.0 Å². The summed E-state index contributed by atoms with van der Waals surface area (Å²) in [6.07, 6.45) is 3.47. The molecule has 2 saturated heterocycles. The second-order valence-electron chi connectivity index (χ2n) is 6.80. The van der Waals surface area contributed by atoms with Crippen LogP contribution in [0.25, 0.3) is 0 Å². The van der Waals surface area contributed by atoms with Crippen LogP contribution < -0.4 is 5.32 Å². The largest absolute Gasteiger partial charge is 0.467 e. The summed E-state index contributed by atoms with van der Waals surface area (Å²) in [5.74, 6) is 0.775. The minimum Gasteiger partial charge on any atom is -0.467 e. The number of nitrogens with zero attached hydrogens (tertiary/aromatic N) is 3. The van der Waals surface area contributed by atoms with Crippen LogP contribution >= 0.6 is 0 Å². The molecule has 0 radical (unpaired) electrons. The molecule has 138 valence electrons. The van der Waals surface area contributed by atoms with Crippen LogP contribution in [0.5, 0.6) is 0 Å². The first-order valence-corrected chi connectivity index (χ1v) is 9.19. The van der Waals surface area contributed by atoms with E-state index in [4.69, 9.17) is 4.42 Å². The Morgan fingerprint density at radius 3 is 2.68 bits per heavy atom. The Morgan fingerprint density at radius 1 is 1.32 bits per heavy atom. The fraction of sp³-hybridized carbons (Fsp3) is 0.667. The van der Waals surface area contributed by atoms with E-state index in [9.17, 15) is 9.59 Å². The number of likely N-dealkylation sites (N-methyl/N-ethyl adjacent to an activating group) is 1. The highest BCUT2D eigenvalue weighted by atomic mass is 16.3. The first kappa shape index (κ1) is 17.8. The van der Waals surface area contributed by atoms with Gasteiger partial charge < -0.3 is 19.5 Å².